The first-order chi connectivity index (χ1) is 14.2. The Labute approximate surface area is 167 Å². The highest BCUT2D eigenvalue weighted by Crippen LogP contribution is 2.34. The van der Waals surface area contributed by atoms with Gasteiger partial charge in [0.25, 0.3) is 11.8 Å². The fourth-order valence-electron chi connectivity index (χ4n) is 3.14. The molecule has 8 nitrogen and oxygen atoms in total. The lowest BCUT2D eigenvalue weighted by Gasteiger charge is -2.34. The van der Waals surface area contributed by atoms with Gasteiger partial charge < -0.3 is 19.4 Å². The number of para-hydroxylation sites is 2. The molecule has 2 amide bonds. The van der Waals surface area contributed by atoms with Crippen molar-refractivity contribution in [2.75, 3.05) is 18.0 Å². The maximum absolute atomic E-state index is 13.2. The first-order valence-corrected chi connectivity index (χ1v) is 9.39. The molecule has 0 radical (unpaired) electrons. The Balaban J connectivity index is 1.60. The van der Waals surface area contributed by atoms with Crippen molar-refractivity contribution in [1.29, 1.82) is 0 Å². The van der Waals surface area contributed by atoms with E-state index >= 15 is 0 Å². The smallest absolute Gasteiger partial charge is 0.262 e. The van der Waals surface area contributed by atoms with Crippen LogP contribution in [0.5, 0.6) is 5.75 Å². The Kier molecular flexibility index (Phi) is 5.24. The number of nitrogens with zero attached hydrogens (tertiary/aromatic N) is 3. The Morgan fingerprint density at radius 3 is 2.69 bits per heavy atom. The van der Waals surface area contributed by atoms with Crippen LogP contribution in [-0.2, 0) is 4.79 Å². The molecule has 3 aromatic rings. The molecule has 0 aliphatic carbocycles. The van der Waals surface area contributed by atoms with E-state index in [4.69, 9.17) is 9.15 Å². The van der Waals surface area contributed by atoms with Gasteiger partial charge in [-0.15, -0.1) is 10.2 Å². The number of rotatable bonds is 5. The van der Waals surface area contributed by atoms with Gasteiger partial charge in [-0.1, -0.05) is 19.1 Å². The number of aromatic nitrogens is 2. The maximum Gasteiger partial charge on any atom is 0.262 e. The second kappa shape index (κ2) is 8.14. The summed E-state index contributed by atoms with van der Waals surface area (Å²) in [6, 6.07) is 14.1. The normalized spacial score (nSPS) is 15.3. The summed E-state index contributed by atoms with van der Waals surface area (Å²) >= 11 is 0. The second-order valence-corrected chi connectivity index (χ2v) is 6.60. The van der Waals surface area contributed by atoms with Crippen LogP contribution in [0, 0.1) is 0 Å². The number of fused-ring (bicyclic) bond motifs is 1. The van der Waals surface area contributed by atoms with E-state index < -0.39 is 6.10 Å². The molecule has 8 heteroatoms. The van der Waals surface area contributed by atoms with E-state index in [-0.39, 0.29) is 18.4 Å². The summed E-state index contributed by atoms with van der Waals surface area (Å²) in [5, 5.41) is 10.3. The zero-order valence-electron chi connectivity index (χ0n) is 15.9. The van der Waals surface area contributed by atoms with Gasteiger partial charge in [-0.2, -0.15) is 0 Å². The van der Waals surface area contributed by atoms with Gasteiger partial charge >= 0.3 is 0 Å². The van der Waals surface area contributed by atoms with Crippen molar-refractivity contribution in [3.8, 4) is 17.2 Å². The lowest BCUT2D eigenvalue weighted by Crippen LogP contribution is -2.50. The number of benzene rings is 2. The Morgan fingerprint density at radius 2 is 1.97 bits per heavy atom. The number of carbonyl (C=O) groups is 2. The highest BCUT2D eigenvalue weighted by molar-refractivity contribution is 6.08. The molecule has 29 heavy (non-hydrogen) atoms. The minimum Gasteiger partial charge on any atom is -0.477 e. The van der Waals surface area contributed by atoms with Gasteiger partial charge in [-0.3, -0.25) is 9.59 Å². The Morgan fingerprint density at radius 1 is 1.17 bits per heavy atom. The summed E-state index contributed by atoms with van der Waals surface area (Å²) in [6.07, 6.45) is 1.31. The van der Waals surface area contributed by atoms with Gasteiger partial charge in [-0.25, -0.2) is 0 Å². The molecule has 2 heterocycles. The van der Waals surface area contributed by atoms with Crippen molar-refractivity contribution in [3.63, 3.8) is 0 Å². The average Bonchev–Trinajstić information content (AvgIpc) is 3.31. The van der Waals surface area contributed by atoms with Crippen LogP contribution in [-0.4, -0.2) is 41.2 Å². The molecule has 1 aliphatic rings. The molecule has 1 atom stereocenters. The maximum atomic E-state index is 13.2. The van der Waals surface area contributed by atoms with Crippen molar-refractivity contribution in [3.05, 3.63) is 60.5 Å². The van der Waals surface area contributed by atoms with Crippen LogP contribution in [0.3, 0.4) is 0 Å². The Hall–Kier alpha value is -3.68. The van der Waals surface area contributed by atoms with Crippen molar-refractivity contribution in [1.82, 2.24) is 15.5 Å². The summed E-state index contributed by atoms with van der Waals surface area (Å²) in [5.41, 5.74) is 1.84. The standard InChI is InChI=1S/C21H20N4O4/c1-2-11-22-19(26)18-12-25(16-5-3-4-6-17(16)29-18)21(27)15-9-7-14(8-10-15)20-24-23-13-28-20/h3-10,13,18H,2,11-12H2,1H3,(H,22,26)/t18-/m1/s1. The summed E-state index contributed by atoms with van der Waals surface area (Å²) < 4.78 is 11.0. The number of nitrogens with one attached hydrogen (secondary N) is 1. The van der Waals surface area contributed by atoms with E-state index in [9.17, 15) is 9.59 Å². The molecule has 1 aliphatic heterocycles. The number of anilines is 1. The van der Waals surface area contributed by atoms with Crippen LogP contribution >= 0.6 is 0 Å². The molecule has 0 fully saturated rings. The van der Waals surface area contributed by atoms with Gasteiger partial charge in [-0.05, 0) is 42.8 Å². The topological polar surface area (TPSA) is 97.6 Å². The van der Waals surface area contributed by atoms with Crippen LogP contribution < -0.4 is 15.0 Å². The van der Waals surface area contributed by atoms with Gasteiger partial charge in [0, 0.05) is 17.7 Å². The van der Waals surface area contributed by atoms with Crippen LogP contribution in [0.4, 0.5) is 5.69 Å². The van der Waals surface area contributed by atoms with E-state index in [1.165, 1.54) is 6.39 Å². The largest absolute Gasteiger partial charge is 0.477 e. The zero-order chi connectivity index (χ0) is 20.2. The summed E-state index contributed by atoms with van der Waals surface area (Å²) in [5.74, 6) is 0.441. The molecular weight excluding hydrogens is 372 g/mol. The molecule has 0 saturated carbocycles. The lowest BCUT2D eigenvalue weighted by molar-refractivity contribution is -0.127. The average molecular weight is 392 g/mol. The predicted octanol–water partition coefficient (Wildman–Crippen LogP) is 2.67. The first-order valence-electron chi connectivity index (χ1n) is 9.39. The minimum absolute atomic E-state index is 0.136. The third-order valence-corrected chi connectivity index (χ3v) is 4.60. The molecule has 0 bridgehead atoms. The first kappa shape index (κ1) is 18.7. The lowest BCUT2D eigenvalue weighted by atomic mass is 10.1. The van der Waals surface area contributed by atoms with Crippen LogP contribution in [0.1, 0.15) is 23.7 Å². The van der Waals surface area contributed by atoms with E-state index in [1.807, 2.05) is 19.1 Å². The minimum atomic E-state index is -0.766. The van der Waals surface area contributed by atoms with Crippen LogP contribution in [0.2, 0.25) is 0 Å². The number of ether oxygens (including phenoxy) is 1. The van der Waals surface area contributed by atoms with E-state index in [1.54, 1.807) is 41.3 Å². The highest BCUT2D eigenvalue weighted by Gasteiger charge is 2.34. The Bertz CT molecular complexity index is 1000. The number of carbonyl (C=O) groups excluding carboxylic acids is 2. The second-order valence-electron chi connectivity index (χ2n) is 6.60. The molecule has 1 N–H and O–H groups in total. The van der Waals surface area contributed by atoms with E-state index in [0.717, 1.165) is 12.0 Å². The van der Waals surface area contributed by atoms with E-state index in [0.29, 0.717) is 29.4 Å². The van der Waals surface area contributed by atoms with Crippen molar-refractivity contribution in [2.24, 2.45) is 0 Å². The van der Waals surface area contributed by atoms with Crippen molar-refractivity contribution in [2.45, 2.75) is 19.4 Å². The van der Waals surface area contributed by atoms with Crippen LogP contribution in [0.15, 0.2) is 59.3 Å². The monoisotopic (exact) mass is 392 g/mol. The summed E-state index contributed by atoms with van der Waals surface area (Å²) in [6.45, 7) is 2.67. The highest BCUT2D eigenvalue weighted by atomic mass is 16.5. The quantitative estimate of drug-likeness (QED) is 0.717. The number of hydrogen-bond donors (Lipinski definition) is 1. The fraction of sp³-hybridized carbons (Fsp3) is 0.238. The third-order valence-electron chi connectivity index (χ3n) is 4.60. The zero-order valence-corrected chi connectivity index (χ0v) is 15.9. The van der Waals surface area contributed by atoms with Crippen molar-refractivity contribution < 1.29 is 18.7 Å². The molecule has 0 spiro atoms. The van der Waals surface area contributed by atoms with Gasteiger partial charge in [0.15, 0.2) is 6.10 Å². The SMILES string of the molecule is CCCNC(=O)[C@H]1CN(C(=O)c2ccc(-c3nnco3)cc2)c2ccccc2O1. The van der Waals surface area contributed by atoms with E-state index in [2.05, 4.69) is 15.5 Å². The molecule has 0 unspecified atom stereocenters. The molecule has 1 aromatic heterocycles. The van der Waals surface area contributed by atoms with Gasteiger partial charge in [0.05, 0.1) is 12.2 Å². The fourth-order valence-corrected chi connectivity index (χ4v) is 3.14. The molecular formula is C21H20N4O4. The summed E-state index contributed by atoms with van der Waals surface area (Å²) in [4.78, 5) is 27.3. The van der Waals surface area contributed by atoms with Gasteiger partial charge in [0.1, 0.15) is 5.75 Å². The van der Waals surface area contributed by atoms with Gasteiger partial charge in [0.2, 0.25) is 12.3 Å². The van der Waals surface area contributed by atoms with Crippen LogP contribution in [0.25, 0.3) is 11.5 Å². The molecule has 0 saturated heterocycles. The molecule has 4 rings (SSSR count). The third kappa shape index (κ3) is 3.82. The number of amides is 2. The molecule has 148 valence electrons. The number of hydrogen-bond acceptors (Lipinski definition) is 6. The van der Waals surface area contributed by atoms with Crippen molar-refractivity contribution >= 4 is 17.5 Å². The molecule has 2 aromatic carbocycles. The summed E-state index contributed by atoms with van der Waals surface area (Å²) in [7, 11) is 0. The predicted molar refractivity (Wildman–Crippen MR) is 106 cm³/mol.